The minimum Gasteiger partial charge on any atom is -0.464 e. The molecule has 0 aromatic carbocycles. The monoisotopic (exact) mass is 718 g/mol. The average molecular weight is 719 g/mol. The molecule has 0 saturated carbocycles. The molecule has 14 nitrogen and oxygen atoms in total. The van der Waals surface area contributed by atoms with E-state index in [0.717, 1.165) is 90.3 Å². The fraction of sp³-hybridized carbons (Fsp3) is 0.875. The van der Waals surface area contributed by atoms with E-state index < -0.39 is 70.2 Å². The van der Waals surface area contributed by atoms with Gasteiger partial charge >= 0.3 is 103 Å². The molecular formula is C32H62O14Ti. The second kappa shape index (κ2) is 44.4. The Bertz CT molecular complexity index is 593. The fourth-order valence-corrected chi connectivity index (χ4v) is 4.15. The van der Waals surface area contributed by atoms with Crippen LogP contribution in [-0.4, -0.2) is 110 Å². The molecule has 4 N–H and O–H groups in total. The van der Waals surface area contributed by atoms with Crippen molar-refractivity contribution in [2.75, 3.05) is 66.1 Å². The molecule has 0 aliphatic rings. The fourth-order valence-electron chi connectivity index (χ4n) is 3.31. The van der Waals surface area contributed by atoms with E-state index in [1.807, 2.05) is 0 Å². The Labute approximate surface area is 291 Å². The first-order chi connectivity index (χ1) is 22.8. The van der Waals surface area contributed by atoms with Gasteiger partial charge in [-0.1, -0.05) is 51.4 Å². The Morgan fingerprint density at radius 3 is 0.830 bits per heavy atom. The van der Waals surface area contributed by atoms with Crippen molar-refractivity contribution in [2.45, 2.75) is 117 Å². The normalized spacial score (nSPS) is 10.1. The average Bonchev–Trinajstić information content (AvgIpc) is 3.09. The minimum absolute atomic E-state index is 0.355. The van der Waals surface area contributed by atoms with Crippen LogP contribution in [0.5, 0.6) is 0 Å². The zero-order chi connectivity index (χ0) is 35.6. The van der Waals surface area contributed by atoms with Crippen molar-refractivity contribution < 1.29 is 85.1 Å². The van der Waals surface area contributed by atoms with E-state index in [1.54, 1.807) is 0 Å². The first kappa shape index (κ1) is 49.7. The van der Waals surface area contributed by atoms with Crippen molar-refractivity contribution >= 4 is 23.9 Å². The molecule has 0 rings (SSSR count). The molecule has 0 fully saturated rings. The Morgan fingerprint density at radius 2 is 0.617 bits per heavy atom. The van der Waals surface area contributed by atoms with Gasteiger partial charge in [-0.15, -0.1) is 0 Å². The topological polar surface area (TPSA) is 205 Å². The number of aliphatic hydroxyl groups excluding tert-OH is 4. The number of rotatable bonds is 30. The quantitative estimate of drug-likeness (QED) is 0.0364. The molecule has 0 radical (unpaired) electrons. The molecule has 0 atom stereocenters. The van der Waals surface area contributed by atoms with Gasteiger partial charge in [-0.3, -0.25) is 0 Å². The van der Waals surface area contributed by atoms with Crippen LogP contribution in [0.15, 0.2) is 0 Å². The number of hydrogen-bond acceptors (Lipinski definition) is 14. The first-order valence-electron chi connectivity index (χ1n) is 16.9. The van der Waals surface area contributed by atoms with Crippen molar-refractivity contribution in [1.82, 2.24) is 0 Å². The summed E-state index contributed by atoms with van der Waals surface area (Å²) in [6, 6.07) is 0. The molecular weight excluding hydrogens is 656 g/mol. The van der Waals surface area contributed by atoms with E-state index >= 15 is 0 Å². The van der Waals surface area contributed by atoms with E-state index in [-0.39, 0.29) is 0 Å². The minimum atomic E-state index is -0.583. The van der Waals surface area contributed by atoms with Gasteiger partial charge in [-0.2, -0.15) is 0 Å². The van der Waals surface area contributed by atoms with Crippen LogP contribution in [-0.2, 0) is 64.7 Å². The maximum absolute atomic E-state index is 10.6. The number of unbranched alkanes of at least 4 members (excludes halogenated alkanes) is 12. The van der Waals surface area contributed by atoms with Gasteiger partial charge in [-0.05, 0) is 25.7 Å². The second-order valence-corrected chi connectivity index (χ2v) is 11.4. The molecule has 0 aromatic heterocycles. The third kappa shape index (κ3) is 48.9. The molecule has 0 bridgehead atoms. The van der Waals surface area contributed by atoms with Crippen molar-refractivity contribution in [3.05, 3.63) is 0 Å². The van der Waals surface area contributed by atoms with Crippen LogP contribution in [0.4, 0.5) is 0 Å². The number of carbonyl (C=O) groups excluding carboxylic acids is 4. The first-order valence-corrected chi connectivity index (χ1v) is 18.1. The summed E-state index contributed by atoms with van der Waals surface area (Å²) in [5, 5.41) is 33.6. The molecule has 0 amide bonds. The Balaban J connectivity index is -0.000000638. The summed E-state index contributed by atoms with van der Waals surface area (Å²) >= 11 is -0.519. The van der Waals surface area contributed by atoms with Crippen LogP contribution >= 0.6 is 0 Å². The van der Waals surface area contributed by atoms with Crippen molar-refractivity contribution in [3.63, 3.8) is 0 Å². The second-order valence-electron chi connectivity index (χ2n) is 10.2. The van der Waals surface area contributed by atoms with Gasteiger partial charge in [-0.25, -0.2) is 19.2 Å². The molecule has 0 saturated heterocycles. The zero-order valence-corrected chi connectivity index (χ0v) is 30.3. The van der Waals surface area contributed by atoms with Gasteiger partial charge in [0, 0.05) is 0 Å². The predicted molar refractivity (Wildman–Crippen MR) is 169 cm³/mol. The smallest absolute Gasteiger partial charge is 0.331 e. The van der Waals surface area contributed by atoms with Crippen molar-refractivity contribution in [2.24, 2.45) is 0 Å². The maximum Gasteiger partial charge on any atom is 0.331 e. The van der Waals surface area contributed by atoms with Gasteiger partial charge in [0.1, 0.15) is 26.4 Å². The molecule has 0 aliphatic heterocycles. The van der Waals surface area contributed by atoms with Gasteiger partial charge in [0.15, 0.2) is 0 Å². The van der Waals surface area contributed by atoms with Gasteiger partial charge in [0.25, 0.3) is 0 Å². The van der Waals surface area contributed by atoms with E-state index in [2.05, 4.69) is 13.8 Å². The number of esters is 4. The van der Waals surface area contributed by atoms with Gasteiger partial charge in [0.05, 0.1) is 26.4 Å². The van der Waals surface area contributed by atoms with E-state index in [0.29, 0.717) is 26.4 Å². The van der Waals surface area contributed by atoms with Crippen molar-refractivity contribution in [1.29, 1.82) is 0 Å². The summed E-state index contributed by atoms with van der Waals surface area (Å²) in [6.45, 7) is 5.29. The molecule has 15 heteroatoms. The van der Waals surface area contributed by atoms with E-state index in [4.69, 9.17) is 46.0 Å². The summed E-state index contributed by atoms with van der Waals surface area (Å²) < 4.78 is 29.5. The molecule has 0 aromatic rings. The summed E-state index contributed by atoms with van der Waals surface area (Å²) in [5.74, 6) is -2.33. The summed E-state index contributed by atoms with van der Waals surface area (Å²) in [7, 11) is 0. The summed E-state index contributed by atoms with van der Waals surface area (Å²) in [6.07, 6.45) is 15.9. The Morgan fingerprint density at radius 1 is 0.383 bits per heavy atom. The van der Waals surface area contributed by atoms with Crippen LogP contribution < -0.4 is 0 Å². The van der Waals surface area contributed by atoms with Crippen LogP contribution in [0.2, 0.25) is 0 Å². The van der Waals surface area contributed by atoms with Crippen LogP contribution in [0.1, 0.15) is 117 Å². The van der Waals surface area contributed by atoms with E-state index in [9.17, 15) is 19.2 Å². The standard InChI is InChI=1S/2C12H22O6.2C4H9O.Ti/c2*13-9-11(15)17-7-5-3-1-2-4-6-8-18-12(16)10-14;2*1-2-3-4-5;/h2*13-14H,1-10H2;2*2-4H2,1H3;/q;;2*-1;+2. The van der Waals surface area contributed by atoms with Crippen molar-refractivity contribution in [3.8, 4) is 0 Å². The third-order valence-corrected chi connectivity index (χ3v) is 6.97. The van der Waals surface area contributed by atoms with Gasteiger partial charge < -0.3 is 39.4 Å². The predicted octanol–water partition coefficient (Wildman–Crippen LogP) is 3.33. The maximum atomic E-state index is 10.6. The van der Waals surface area contributed by atoms with Crippen LogP contribution in [0.3, 0.4) is 0 Å². The molecule has 278 valence electrons. The third-order valence-electron chi connectivity index (χ3n) is 5.96. The Hall–Kier alpha value is -1.65. The molecule has 0 aliphatic carbocycles. The molecule has 0 unspecified atom stereocenters. The number of hydrogen-bond donors (Lipinski definition) is 4. The Kier molecular flexibility index (Phi) is 46.9. The molecule has 0 spiro atoms. The largest absolute Gasteiger partial charge is 0.464 e. The number of aliphatic hydroxyl groups is 4. The SMILES string of the molecule is CCCC[O][Ti][O]CCCC.O=C(CO)OCCCCCCCCOC(=O)CO.O=C(CO)OCCCCCCCCOC(=O)CO. The molecule has 0 heterocycles. The number of carbonyl (C=O) groups is 4. The van der Waals surface area contributed by atoms with Crippen LogP contribution in [0, 0.1) is 0 Å². The molecule has 47 heavy (non-hydrogen) atoms. The van der Waals surface area contributed by atoms with Crippen LogP contribution in [0.25, 0.3) is 0 Å². The van der Waals surface area contributed by atoms with Gasteiger partial charge in [0.2, 0.25) is 0 Å². The zero-order valence-electron chi connectivity index (χ0n) is 28.8. The van der Waals surface area contributed by atoms with E-state index in [1.165, 1.54) is 25.7 Å². The summed E-state index contributed by atoms with van der Waals surface area (Å²) in [4.78, 5) is 42.3. The number of ether oxygens (including phenoxy) is 4. The summed E-state index contributed by atoms with van der Waals surface area (Å²) in [5.41, 5.74) is 0.